The van der Waals surface area contributed by atoms with Crippen LogP contribution in [0, 0.1) is 0 Å². The lowest BCUT2D eigenvalue weighted by atomic mass is 10.1. The first-order chi connectivity index (χ1) is 16.5. The molecule has 0 spiro atoms. The van der Waals surface area contributed by atoms with E-state index in [2.05, 4.69) is 5.32 Å². The molecule has 0 aliphatic carbocycles. The normalized spacial score (nSPS) is 14.8. The van der Waals surface area contributed by atoms with Gasteiger partial charge in [-0.05, 0) is 60.2 Å². The molecule has 2 amide bonds. The number of fused-ring (bicyclic) bond motifs is 2. The Bertz CT molecular complexity index is 1420. The second-order valence-electron chi connectivity index (χ2n) is 7.73. The topological polar surface area (TPSA) is 79.6 Å². The molecule has 4 aromatic rings. The Morgan fingerprint density at radius 2 is 1.82 bits per heavy atom. The van der Waals surface area contributed by atoms with Crippen molar-refractivity contribution in [3.63, 3.8) is 0 Å². The molecule has 1 unspecified atom stereocenters. The van der Waals surface area contributed by atoms with Gasteiger partial charge in [0.2, 0.25) is 0 Å². The highest BCUT2D eigenvalue weighted by atomic mass is 35.5. The Morgan fingerprint density at radius 3 is 2.62 bits per heavy atom. The van der Waals surface area contributed by atoms with E-state index in [1.807, 2.05) is 12.1 Å². The predicted octanol–water partition coefficient (Wildman–Crippen LogP) is 5.19. The van der Waals surface area contributed by atoms with Crippen molar-refractivity contribution in [1.29, 1.82) is 0 Å². The van der Waals surface area contributed by atoms with E-state index in [0.717, 1.165) is 5.56 Å². The molecule has 8 heteroatoms. The van der Waals surface area contributed by atoms with Crippen LogP contribution in [-0.4, -0.2) is 16.0 Å². The van der Waals surface area contributed by atoms with E-state index in [9.17, 15) is 13.8 Å². The third-order valence-corrected chi connectivity index (χ3v) is 7.24. The molecule has 1 N–H and O–H groups in total. The van der Waals surface area contributed by atoms with Gasteiger partial charge in [-0.2, -0.15) is 0 Å². The minimum atomic E-state index is -1.60. The monoisotopic (exact) mass is 490 g/mol. The van der Waals surface area contributed by atoms with Gasteiger partial charge in [0.1, 0.15) is 5.76 Å². The van der Waals surface area contributed by atoms with Crippen LogP contribution in [-0.2, 0) is 23.9 Å². The molecule has 1 aliphatic rings. The molecule has 2 heterocycles. The summed E-state index contributed by atoms with van der Waals surface area (Å²) in [5.74, 6) is -0.00450. The maximum absolute atomic E-state index is 13.6. The maximum atomic E-state index is 13.6. The second kappa shape index (κ2) is 9.29. The highest BCUT2D eigenvalue weighted by molar-refractivity contribution is 7.85. The van der Waals surface area contributed by atoms with Crippen LogP contribution in [0.25, 0.3) is 0 Å². The third kappa shape index (κ3) is 4.27. The number of nitrogens with zero attached hydrogens (tertiary/aromatic N) is 1. The third-order valence-electron chi connectivity index (χ3n) is 5.51. The molecule has 6 nitrogen and oxygen atoms in total. The summed E-state index contributed by atoms with van der Waals surface area (Å²) in [5, 5.41) is 3.36. The van der Waals surface area contributed by atoms with E-state index >= 15 is 0 Å². The SMILES string of the molecule is O=C(NCc1ccco1)c1ccc2c(c1)N(Cc1cccc(Cl)c1)C(=O)c1ccccc1S2=O. The number of nitrogens with one attached hydrogen (secondary N) is 1. The van der Waals surface area contributed by atoms with Gasteiger partial charge in [-0.25, -0.2) is 4.21 Å². The zero-order chi connectivity index (χ0) is 23.7. The molecular formula is C26H19ClN2O4S. The number of anilines is 1. The Balaban J connectivity index is 1.57. The van der Waals surface area contributed by atoms with E-state index in [4.69, 9.17) is 16.0 Å². The van der Waals surface area contributed by atoms with Gasteiger partial charge < -0.3 is 14.6 Å². The van der Waals surface area contributed by atoms with Crippen LogP contribution in [0.3, 0.4) is 0 Å². The maximum Gasteiger partial charge on any atom is 0.259 e. The zero-order valence-electron chi connectivity index (χ0n) is 17.9. The van der Waals surface area contributed by atoms with E-state index in [1.54, 1.807) is 71.6 Å². The lowest BCUT2D eigenvalue weighted by molar-refractivity contribution is 0.0945. The predicted molar refractivity (Wildman–Crippen MR) is 129 cm³/mol. The van der Waals surface area contributed by atoms with Gasteiger partial charge in [0, 0.05) is 10.6 Å². The quantitative estimate of drug-likeness (QED) is 0.417. The van der Waals surface area contributed by atoms with Crippen molar-refractivity contribution < 1.29 is 18.2 Å². The van der Waals surface area contributed by atoms with Crippen molar-refractivity contribution in [2.75, 3.05) is 4.90 Å². The number of hydrogen-bond acceptors (Lipinski definition) is 4. The van der Waals surface area contributed by atoms with E-state index < -0.39 is 10.8 Å². The van der Waals surface area contributed by atoms with Crippen molar-refractivity contribution in [1.82, 2.24) is 5.32 Å². The van der Waals surface area contributed by atoms with Crippen LogP contribution in [0.5, 0.6) is 0 Å². The number of carbonyl (C=O) groups is 2. The Kier molecular flexibility index (Phi) is 6.04. The highest BCUT2D eigenvalue weighted by Crippen LogP contribution is 2.36. The zero-order valence-corrected chi connectivity index (χ0v) is 19.4. The minimum absolute atomic E-state index is 0.204. The van der Waals surface area contributed by atoms with Crippen LogP contribution in [0.1, 0.15) is 32.0 Å². The number of carbonyl (C=O) groups excluding carboxylic acids is 2. The first-order valence-electron chi connectivity index (χ1n) is 10.5. The summed E-state index contributed by atoms with van der Waals surface area (Å²) in [5.41, 5.74) is 1.94. The number of halogens is 1. The molecule has 0 saturated heterocycles. The lowest BCUT2D eigenvalue weighted by Crippen LogP contribution is -2.31. The van der Waals surface area contributed by atoms with Crippen LogP contribution in [0.4, 0.5) is 5.69 Å². The average Bonchev–Trinajstić information content (AvgIpc) is 3.36. The Hall–Kier alpha value is -3.68. The summed E-state index contributed by atoms with van der Waals surface area (Å²) >= 11 is 6.17. The largest absolute Gasteiger partial charge is 0.467 e. The highest BCUT2D eigenvalue weighted by Gasteiger charge is 2.31. The van der Waals surface area contributed by atoms with Gasteiger partial charge in [-0.15, -0.1) is 0 Å². The second-order valence-corrected chi connectivity index (χ2v) is 9.58. The van der Waals surface area contributed by atoms with Crippen molar-refractivity contribution in [2.24, 2.45) is 0 Å². The summed E-state index contributed by atoms with van der Waals surface area (Å²) in [6.45, 7) is 0.431. The summed E-state index contributed by atoms with van der Waals surface area (Å²) < 4.78 is 18.8. The van der Waals surface area contributed by atoms with Crippen molar-refractivity contribution in [3.8, 4) is 0 Å². The molecule has 5 rings (SSSR count). The van der Waals surface area contributed by atoms with Crippen LogP contribution < -0.4 is 10.2 Å². The van der Waals surface area contributed by atoms with Crippen LogP contribution in [0.2, 0.25) is 5.02 Å². The number of furan rings is 1. The summed E-state index contributed by atoms with van der Waals surface area (Å²) in [4.78, 5) is 28.9. The first-order valence-corrected chi connectivity index (χ1v) is 12.1. The van der Waals surface area contributed by atoms with Gasteiger partial charge in [0.05, 0.1) is 51.2 Å². The molecule has 0 saturated carbocycles. The minimum Gasteiger partial charge on any atom is -0.467 e. The molecule has 0 bridgehead atoms. The van der Waals surface area contributed by atoms with Crippen molar-refractivity contribution in [2.45, 2.75) is 22.9 Å². The lowest BCUT2D eigenvalue weighted by Gasteiger charge is -2.23. The number of hydrogen-bond donors (Lipinski definition) is 1. The summed E-state index contributed by atoms with van der Waals surface area (Å²) in [6.07, 6.45) is 1.54. The molecule has 1 aliphatic heterocycles. The summed E-state index contributed by atoms with van der Waals surface area (Å²) in [7, 11) is -1.60. The van der Waals surface area contributed by atoms with E-state index in [0.29, 0.717) is 37.4 Å². The molecule has 3 aromatic carbocycles. The van der Waals surface area contributed by atoms with Gasteiger partial charge >= 0.3 is 0 Å². The Labute approximate surface area is 203 Å². The molecule has 1 atom stereocenters. The fourth-order valence-electron chi connectivity index (χ4n) is 3.86. The van der Waals surface area contributed by atoms with Gasteiger partial charge in [0.15, 0.2) is 0 Å². The average molecular weight is 491 g/mol. The van der Waals surface area contributed by atoms with Crippen molar-refractivity contribution >= 4 is 39.9 Å². The Morgan fingerprint density at radius 1 is 0.971 bits per heavy atom. The molecule has 170 valence electrons. The van der Waals surface area contributed by atoms with Crippen LogP contribution >= 0.6 is 11.6 Å². The van der Waals surface area contributed by atoms with Gasteiger partial charge in [0.25, 0.3) is 11.8 Å². The molecule has 1 aromatic heterocycles. The molecule has 0 radical (unpaired) electrons. The van der Waals surface area contributed by atoms with Gasteiger partial charge in [-0.1, -0.05) is 35.9 Å². The fraction of sp³-hybridized carbons (Fsp3) is 0.0769. The smallest absolute Gasteiger partial charge is 0.259 e. The van der Waals surface area contributed by atoms with Gasteiger partial charge in [-0.3, -0.25) is 9.59 Å². The number of amides is 2. The van der Waals surface area contributed by atoms with Crippen LogP contribution in [0.15, 0.2) is 99.3 Å². The van der Waals surface area contributed by atoms with E-state index in [1.165, 1.54) is 6.26 Å². The van der Waals surface area contributed by atoms with E-state index in [-0.39, 0.29) is 24.9 Å². The van der Waals surface area contributed by atoms with Crippen molar-refractivity contribution in [3.05, 3.63) is 113 Å². The standard InChI is InChI=1S/C26H19ClN2O4S/c27-19-6-3-5-17(13-19)16-29-22-14-18(25(30)28-15-20-7-4-12-33-20)10-11-24(22)34(32)23-9-2-1-8-21(23)26(29)31/h1-14H,15-16H2,(H,28,30). The molecule has 0 fully saturated rings. The number of rotatable bonds is 5. The summed E-state index contributed by atoms with van der Waals surface area (Å²) in [6, 6.07) is 22.5. The number of benzene rings is 3. The molecular weight excluding hydrogens is 472 g/mol. The first kappa shape index (κ1) is 22.1. The molecule has 34 heavy (non-hydrogen) atoms. The fourth-order valence-corrected chi connectivity index (χ4v) is 5.42.